The number of carbonyl (C=O) groups is 2. The number of fused-ring (bicyclic) bond motifs is 1. The van der Waals surface area contributed by atoms with Gasteiger partial charge in [-0.1, -0.05) is 50.2 Å². The van der Waals surface area contributed by atoms with Gasteiger partial charge in [0.1, 0.15) is 11.4 Å². The highest BCUT2D eigenvalue weighted by molar-refractivity contribution is 5.89. The molecule has 4 rings (SSSR count). The van der Waals surface area contributed by atoms with E-state index >= 15 is 0 Å². The molecule has 176 valence electrons. The summed E-state index contributed by atoms with van der Waals surface area (Å²) in [5.41, 5.74) is 10.5. The Morgan fingerprint density at radius 2 is 1.15 bits per heavy atom. The zero-order chi connectivity index (χ0) is 24.6. The number of aromatic carboxylic acids is 2. The van der Waals surface area contributed by atoms with Crippen molar-refractivity contribution >= 4 is 11.9 Å². The molecular formula is C28H30N2O4. The minimum atomic E-state index is -0.943. The zero-order valence-corrected chi connectivity index (χ0v) is 20.0. The monoisotopic (exact) mass is 458 g/mol. The van der Waals surface area contributed by atoms with Crippen molar-refractivity contribution in [3.05, 3.63) is 92.6 Å². The van der Waals surface area contributed by atoms with Crippen LogP contribution in [0.5, 0.6) is 0 Å². The number of aromatic amines is 2. The molecule has 2 aliphatic rings. The Hall–Kier alpha value is -3.80. The van der Waals surface area contributed by atoms with Crippen LogP contribution in [-0.4, -0.2) is 32.1 Å². The van der Waals surface area contributed by atoms with Crippen molar-refractivity contribution in [2.24, 2.45) is 0 Å². The lowest BCUT2D eigenvalue weighted by Gasteiger charge is -2.05. The second-order valence-corrected chi connectivity index (χ2v) is 8.77. The van der Waals surface area contributed by atoms with Crippen LogP contribution in [0, 0.1) is 13.8 Å². The van der Waals surface area contributed by atoms with Gasteiger partial charge in [0.25, 0.3) is 0 Å². The molecule has 4 N–H and O–H groups in total. The van der Waals surface area contributed by atoms with E-state index in [1.54, 1.807) is 0 Å². The summed E-state index contributed by atoms with van der Waals surface area (Å²) in [7, 11) is 0. The summed E-state index contributed by atoms with van der Waals surface area (Å²) >= 11 is 0. The first-order chi connectivity index (χ1) is 16.3. The van der Waals surface area contributed by atoms with E-state index < -0.39 is 11.9 Å². The average molecular weight is 459 g/mol. The van der Waals surface area contributed by atoms with Crippen molar-refractivity contribution in [2.45, 2.75) is 53.4 Å². The normalized spacial score (nSPS) is 11.3. The lowest BCUT2D eigenvalue weighted by molar-refractivity contribution is 0.0679. The standard InChI is InChI=1S/C28H30N2O4/c1-5-19-15(3)25(27(31)32)29-23(19)13-17-12-18(22-11-9-7-8-10-21(17)22)14-24-20(6-2)16(4)26(30-24)28(33)34/h7-12,29-30H,5-6,13-14H2,1-4H3,(H,31,32)(H,33,34). The predicted octanol–water partition coefficient (Wildman–Crippen LogP) is 5.77. The van der Waals surface area contributed by atoms with E-state index in [4.69, 9.17) is 0 Å². The summed E-state index contributed by atoms with van der Waals surface area (Å²) in [5.74, 6) is -1.89. The molecule has 0 amide bonds. The molecule has 34 heavy (non-hydrogen) atoms. The summed E-state index contributed by atoms with van der Waals surface area (Å²) in [6.07, 6.45) is 2.71. The number of nitrogens with one attached hydrogen (secondary N) is 2. The zero-order valence-electron chi connectivity index (χ0n) is 20.0. The molecule has 0 bridgehead atoms. The highest BCUT2D eigenvalue weighted by Crippen LogP contribution is 2.36. The Morgan fingerprint density at radius 1 is 0.735 bits per heavy atom. The van der Waals surface area contributed by atoms with E-state index in [2.05, 4.69) is 28.2 Å². The summed E-state index contributed by atoms with van der Waals surface area (Å²) < 4.78 is 0. The van der Waals surface area contributed by atoms with Crippen molar-refractivity contribution in [3.8, 4) is 11.1 Å². The SMILES string of the molecule is CCc1c(Cc2cc(Cc3[nH]c(C(=O)O)c(C)c3CC)c3cccccc2-3)[nH]c(C(=O)O)c1C. The first-order valence-electron chi connectivity index (χ1n) is 11.6. The highest BCUT2D eigenvalue weighted by atomic mass is 16.4. The van der Waals surface area contributed by atoms with Crippen molar-refractivity contribution < 1.29 is 19.8 Å². The van der Waals surface area contributed by atoms with E-state index in [9.17, 15) is 19.8 Å². The third-order valence-electron chi connectivity index (χ3n) is 6.88. The first-order valence-corrected chi connectivity index (χ1v) is 11.6. The fraction of sp³-hybridized carbons (Fsp3) is 0.286. The van der Waals surface area contributed by atoms with E-state index in [-0.39, 0.29) is 11.4 Å². The lowest BCUT2D eigenvalue weighted by atomic mass is 10.00. The molecule has 0 unspecified atom stereocenters. The Bertz CT molecular complexity index is 1260. The van der Waals surface area contributed by atoms with Gasteiger partial charge < -0.3 is 20.2 Å². The van der Waals surface area contributed by atoms with Gasteiger partial charge in [-0.05, 0) is 71.2 Å². The number of aromatic nitrogens is 2. The number of hydrogen-bond donors (Lipinski definition) is 4. The second-order valence-electron chi connectivity index (χ2n) is 8.77. The van der Waals surface area contributed by atoms with Crippen LogP contribution >= 0.6 is 0 Å². The van der Waals surface area contributed by atoms with E-state index in [1.165, 1.54) is 0 Å². The van der Waals surface area contributed by atoms with Crippen molar-refractivity contribution in [3.63, 3.8) is 0 Å². The quantitative estimate of drug-likeness (QED) is 0.269. The molecule has 0 fully saturated rings. The molecule has 0 saturated carbocycles. The van der Waals surface area contributed by atoms with Gasteiger partial charge in [-0.25, -0.2) is 9.59 Å². The molecule has 2 heterocycles. The Labute approximate surface area is 199 Å². The third-order valence-corrected chi connectivity index (χ3v) is 6.88. The maximum atomic E-state index is 11.7. The summed E-state index contributed by atoms with van der Waals surface area (Å²) in [4.78, 5) is 29.7. The average Bonchev–Trinajstić information content (AvgIpc) is 3.30. The minimum absolute atomic E-state index is 0.254. The van der Waals surface area contributed by atoms with Crippen LogP contribution in [0.15, 0.2) is 36.4 Å². The molecule has 0 aromatic carbocycles. The molecule has 0 atom stereocenters. The third kappa shape index (κ3) is 4.00. The number of hydrogen-bond acceptors (Lipinski definition) is 2. The van der Waals surface area contributed by atoms with Crippen molar-refractivity contribution in [1.82, 2.24) is 9.97 Å². The Balaban J connectivity index is 1.80. The van der Waals surface area contributed by atoms with Gasteiger partial charge in [-0.3, -0.25) is 0 Å². The van der Waals surface area contributed by atoms with Gasteiger partial charge in [-0.15, -0.1) is 0 Å². The molecule has 6 heteroatoms. The summed E-state index contributed by atoms with van der Waals surface area (Å²) in [5, 5.41) is 19.1. The molecule has 2 aliphatic carbocycles. The summed E-state index contributed by atoms with van der Waals surface area (Å²) in [6.45, 7) is 7.80. The van der Waals surface area contributed by atoms with Crippen molar-refractivity contribution in [1.29, 1.82) is 0 Å². The van der Waals surface area contributed by atoms with Crippen LogP contribution in [-0.2, 0) is 25.7 Å². The van der Waals surface area contributed by atoms with Crippen LogP contribution in [0.2, 0.25) is 0 Å². The number of carboxylic acid groups (broad SMARTS) is 2. The van der Waals surface area contributed by atoms with Crippen LogP contribution in [0.25, 0.3) is 11.1 Å². The van der Waals surface area contributed by atoms with Crippen LogP contribution in [0.1, 0.15) is 79.6 Å². The van der Waals surface area contributed by atoms with E-state index in [1.807, 2.05) is 45.9 Å². The number of H-pyrrole nitrogens is 2. The van der Waals surface area contributed by atoms with Gasteiger partial charge in [0.15, 0.2) is 0 Å². The van der Waals surface area contributed by atoms with Gasteiger partial charge in [-0.2, -0.15) is 0 Å². The highest BCUT2D eigenvalue weighted by Gasteiger charge is 2.23. The number of rotatable bonds is 8. The fourth-order valence-electron chi connectivity index (χ4n) is 5.23. The molecule has 0 radical (unpaired) electrons. The van der Waals surface area contributed by atoms with Gasteiger partial charge in [0, 0.05) is 24.2 Å². The predicted molar refractivity (Wildman–Crippen MR) is 132 cm³/mol. The summed E-state index contributed by atoms with van der Waals surface area (Å²) in [6, 6.07) is 12.4. The fourth-order valence-corrected chi connectivity index (χ4v) is 5.23. The molecule has 6 nitrogen and oxygen atoms in total. The van der Waals surface area contributed by atoms with Crippen LogP contribution < -0.4 is 0 Å². The largest absolute Gasteiger partial charge is 0.477 e. The smallest absolute Gasteiger partial charge is 0.352 e. The molecule has 0 saturated heterocycles. The minimum Gasteiger partial charge on any atom is -0.477 e. The Kier molecular flexibility index (Phi) is 6.33. The maximum absolute atomic E-state index is 11.7. The van der Waals surface area contributed by atoms with Crippen molar-refractivity contribution in [2.75, 3.05) is 0 Å². The van der Waals surface area contributed by atoms with Gasteiger partial charge in [0.05, 0.1) is 0 Å². The lowest BCUT2D eigenvalue weighted by Crippen LogP contribution is -1.99. The van der Waals surface area contributed by atoms with E-state index in [0.717, 1.165) is 68.7 Å². The molecular weight excluding hydrogens is 428 g/mol. The topological polar surface area (TPSA) is 106 Å². The second kappa shape index (κ2) is 9.21. The molecule has 0 spiro atoms. The molecule has 2 aromatic rings. The molecule has 2 aromatic heterocycles. The first kappa shape index (κ1) is 23.4. The van der Waals surface area contributed by atoms with E-state index in [0.29, 0.717) is 12.8 Å². The van der Waals surface area contributed by atoms with Gasteiger partial charge in [0.2, 0.25) is 0 Å². The van der Waals surface area contributed by atoms with Gasteiger partial charge >= 0.3 is 11.9 Å². The Morgan fingerprint density at radius 3 is 1.50 bits per heavy atom. The maximum Gasteiger partial charge on any atom is 0.352 e. The molecule has 0 aliphatic heterocycles. The van der Waals surface area contributed by atoms with Crippen LogP contribution in [0.3, 0.4) is 0 Å². The number of carboxylic acids is 2. The van der Waals surface area contributed by atoms with Crippen LogP contribution in [0.4, 0.5) is 0 Å².